The maximum Gasteiger partial charge on any atom is 0.304 e. The minimum Gasteiger partial charge on any atom is -0.481 e. The first-order valence-electron chi connectivity index (χ1n) is 5.94. The van der Waals surface area contributed by atoms with Crippen LogP contribution in [0.15, 0.2) is 29.2 Å². The predicted molar refractivity (Wildman–Crippen MR) is 73.3 cm³/mol. The second kappa shape index (κ2) is 5.65. The first-order chi connectivity index (χ1) is 8.21. The molecule has 4 heteroatoms. The summed E-state index contributed by atoms with van der Waals surface area (Å²) in [7, 11) is -1.26. The van der Waals surface area contributed by atoms with Crippen LogP contribution < -0.4 is 0 Å². The van der Waals surface area contributed by atoms with Gasteiger partial charge in [-0.1, -0.05) is 32.9 Å². The van der Waals surface area contributed by atoms with Gasteiger partial charge < -0.3 is 5.11 Å². The maximum absolute atomic E-state index is 12.1. The zero-order valence-electron chi connectivity index (χ0n) is 11.3. The van der Waals surface area contributed by atoms with Crippen molar-refractivity contribution in [3.63, 3.8) is 0 Å². The van der Waals surface area contributed by atoms with Crippen LogP contribution >= 0.6 is 0 Å². The van der Waals surface area contributed by atoms with Gasteiger partial charge in [-0.15, -0.1) is 0 Å². The summed E-state index contributed by atoms with van der Waals surface area (Å²) in [6, 6.07) is 7.57. The molecule has 1 rings (SSSR count). The number of carboxylic acids is 1. The monoisotopic (exact) mass is 268 g/mol. The number of benzene rings is 1. The number of aliphatic carboxylic acids is 1. The summed E-state index contributed by atoms with van der Waals surface area (Å²) in [4.78, 5) is 11.3. The topological polar surface area (TPSA) is 54.4 Å². The summed E-state index contributed by atoms with van der Waals surface area (Å²) in [6.45, 7) is 8.05. The Bertz CT molecular complexity index is 443. The van der Waals surface area contributed by atoms with Crippen molar-refractivity contribution >= 4 is 16.8 Å². The molecule has 0 saturated carbocycles. The maximum atomic E-state index is 12.1. The van der Waals surface area contributed by atoms with Crippen molar-refractivity contribution in [2.75, 3.05) is 0 Å². The van der Waals surface area contributed by atoms with E-state index in [9.17, 15) is 9.00 Å². The lowest BCUT2D eigenvalue weighted by atomic mass is 9.87. The Morgan fingerprint density at radius 3 is 2.17 bits per heavy atom. The molecule has 0 amide bonds. The minimum absolute atomic E-state index is 0.0622. The summed E-state index contributed by atoms with van der Waals surface area (Å²) in [5.41, 5.74) is 1.24. The van der Waals surface area contributed by atoms with Crippen LogP contribution in [0.1, 0.15) is 39.7 Å². The molecule has 0 aromatic heterocycles. The van der Waals surface area contributed by atoms with Crippen molar-refractivity contribution in [2.24, 2.45) is 0 Å². The second-order valence-corrected chi connectivity index (χ2v) is 7.35. The molecule has 1 aromatic rings. The van der Waals surface area contributed by atoms with E-state index in [-0.39, 0.29) is 17.1 Å². The summed E-state index contributed by atoms with van der Waals surface area (Å²) in [5.74, 6) is -0.915. The highest BCUT2D eigenvalue weighted by molar-refractivity contribution is 7.85. The third-order valence-corrected chi connectivity index (χ3v) is 4.41. The van der Waals surface area contributed by atoms with Crippen molar-refractivity contribution in [1.29, 1.82) is 0 Å². The largest absolute Gasteiger partial charge is 0.481 e. The number of hydrogen-bond donors (Lipinski definition) is 1. The molecule has 100 valence electrons. The van der Waals surface area contributed by atoms with Gasteiger partial charge in [0.05, 0.1) is 17.2 Å². The molecule has 0 aliphatic carbocycles. The zero-order valence-corrected chi connectivity index (χ0v) is 12.1. The summed E-state index contributed by atoms with van der Waals surface area (Å²) >= 11 is 0. The molecule has 0 radical (unpaired) electrons. The first kappa shape index (κ1) is 14.9. The summed E-state index contributed by atoms with van der Waals surface area (Å²) in [6.07, 6.45) is -0.0758. The van der Waals surface area contributed by atoms with Gasteiger partial charge in [0.15, 0.2) is 0 Å². The predicted octanol–water partition coefficient (Wildman–Crippen LogP) is 2.95. The summed E-state index contributed by atoms with van der Waals surface area (Å²) in [5, 5.41) is 8.32. The lowest BCUT2D eigenvalue weighted by molar-refractivity contribution is -0.136. The number of hydrogen-bond acceptors (Lipinski definition) is 2. The molecule has 0 spiro atoms. The van der Waals surface area contributed by atoms with E-state index in [1.54, 1.807) is 6.92 Å². The lowest BCUT2D eigenvalue weighted by Gasteiger charge is -2.19. The minimum atomic E-state index is -1.26. The Hall–Kier alpha value is -1.16. The van der Waals surface area contributed by atoms with Crippen molar-refractivity contribution in [1.82, 2.24) is 0 Å². The molecule has 0 bridgehead atoms. The standard InChI is InChI=1S/C14H20O3S/c1-10(9-13(15)16)18(17)12-7-5-11(6-8-12)14(2,3)4/h5-8,10H,9H2,1-4H3,(H,15,16). The Morgan fingerprint density at radius 2 is 1.78 bits per heavy atom. The molecule has 1 N–H and O–H groups in total. The Morgan fingerprint density at radius 1 is 1.28 bits per heavy atom. The van der Waals surface area contributed by atoms with E-state index in [1.165, 1.54) is 5.56 Å². The molecule has 0 saturated heterocycles. The van der Waals surface area contributed by atoms with Crippen molar-refractivity contribution < 1.29 is 14.1 Å². The Balaban J connectivity index is 2.85. The van der Waals surface area contributed by atoms with Crippen LogP contribution in [0.25, 0.3) is 0 Å². The highest BCUT2D eigenvalue weighted by Gasteiger charge is 2.18. The molecular weight excluding hydrogens is 248 g/mol. The van der Waals surface area contributed by atoms with E-state index < -0.39 is 16.8 Å². The molecule has 0 fully saturated rings. The van der Waals surface area contributed by atoms with E-state index >= 15 is 0 Å². The van der Waals surface area contributed by atoms with Crippen molar-refractivity contribution in [3.05, 3.63) is 29.8 Å². The second-order valence-electron chi connectivity index (χ2n) is 5.48. The summed E-state index contributed by atoms with van der Waals surface area (Å²) < 4.78 is 12.1. The highest BCUT2D eigenvalue weighted by atomic mass is 32.2. The van der Waals surface area contributed by atoms with E-state index in [0.29, 0.717) is 4.90 Å². The molecule has 3 nitrogen and oxygen atoms in total. The highest BCUT2D eigenvalue weighted by Crippen LogP contribution is 2.23. The van der Waals surface area contributed by atoms with E-state index in [2.05, 4.69) is 20.8 Å². The molecule has 2 unspecified atom stereocenters. The van der Waals surface area contributed by atoms with Crippen LogP contribution in [0, 0.1) is 0 Å². The van der Waals surface area contributed by atoms with Gasteiger partial charge in [0.2, 0.25) is 0 Å². The fourth-order valence-electron chi connectivity index (χ4n) is 1.64. The zero-order chi connectivity index (χ0) is 13.9. The van der Waals surface area contributed by atoms with Gasteiger partial charge in [0.25, 0.3) is 0 Å². The fourth-order valence-corrected chi connectivity index (χ4v) is 2.81. The van der Waals surface area contributed by atoms with Gasteiger partial charge in [-0.2, -0.15) is 0 Å². The number of rotatable bonds is 4. The van der Waals surface area contributed by atoms with Crippen LogP contribution in [0.5, 0.6) is 0 Å². The van der Waals surface area contributed by atoms with Crippen LogP contribution in [0.2, 0.25) is 0 Å². The third kappa shape index (κ3) is 3.95. The van der Waals surface area contributed by atoms with Crippen LogP contribution in [0.3, 0.4) is 0 Å². The fraction of sp³-hybridized carbons (Fsp3) is 0.500. The normalized spacial score (nSPS) is 15.1. The van der Waals surface area contributed by atoms with E-state index in [0.717, 1.165) is 0 Å². The van der Waals surface area contributed by atoms with Gasteiger partial charge in [-0.25, -0.2) is 0 Å². The Labute approximate surface area is 111 Å². The van der Waals surface area contributed by atoms with Crippen LogP contribution in [0.4, 0.5) is 0 Å². The Kier molecular flexibility index (Phi) is 4.68. The average Bonchev–Trinajstić information content (AvgIpc) is 2.26. The van der Waals surface area contributed by atoms with Gasteiger partial charge in [0.1, 0.15) is 0 Å². The first-order valence-corrected chi connectivity index (χ1v) is 7.16. The molecule has 0 aliphatic rings. The van der Waals surface area contributed by atoms with E-state index in [4.69, 9.17) is 5.11 Å². The lowest BCUT2D eigenvalue weighted by Crippen LogP contribution is -2.16. The molecule has 18 heavy (non-hydrogen) atoms. The quantitative estimate of drug-likeness (QED) is 0.913. The van der Waals surface area contributed by atoms with Crippen molar-refractivity contribution in [3.8, 4) is 0 Å². The van der Waals surface area contributed by atoms with E-state index in [1.807, 2.05) is 24.3 Å². The molecule has 2 atom stereocenters. The molecule has 0 heterocycles. The van der Waals surface area contributed by atoms with Crippen molar-refractivity contribution in [2.45, 2.75) is 49.7 Å². The van der Waals surface area contributed by atoms with Gasteiger partial charge in [0, 0.05) is 10.1 Å². The SMILES string of the molecule is CC(CC(=O)O)S(=O)c1ccc(C(C)(C)C)cc1. The smallest absolute Gasteiger partial charge is 0.304 e. The molecule has 0 aliphatic heterocycles. The molecular formula is C14H20O3S. The van der Waals surface area contributed by atoms with Gasteiger partial charge in [-0.3, -0.25) is 9.00 Å². The van der Waals surface area contributed by atoms with Crippen LogP contribution in [-0.2, 0) is 21.0 Å². The third-order valence-electron chi connectivity index (χ3n) is 2.78. The van der Waals surface area contributed by atoms with Gasteiger partial charge in [-0.05, 0) is 30.0 Å². The van der Waals surface area contributed by atoms with Gasteiger partial charge >= 0.3 is 5.97 Å². The average molecular weight is 268 g/mol. The number of carbonyl (C=O) groups is 1. The molecule has 1 aromatic carbocycles. The van der Waals surface area contributed by atoms with Crippen LogP contribution in [-0.4, -0.2) is 20.5 Å². The number of carboxylic acid groups (broad SMARTS) is 1.